The largest absolute Gasteiger partial charge is 0.508 e. The molecule has 0 aliphatic carbocycles. The molecule has 1 aromatic rings. The van der Waals surface area contributed by atoms with E-state index in [0.717, 1.165) is 0 Å². The Morgan fingerprint density at radius 2 is 1.88 bits per heavy atom. The van der Waals surface area contributed by atoms with Crippen molar-refractivity contribution in [3.63, 3.8) is 0 Å². The minimum atomic E-state index is -1.05. The highest BCUT2D eigenvalue weighted by atomic mass is 16.6. The number of hydrogen-bond acceptors (Lipinski definition) is 5. The zero-order chi connectivity index (χ0) is 12.8. The molecule has 0 saturated carbocycles. The maximum absolute atomic E-state index is 10.7. The average molecular weight is 240 g/mol. The van der Waals surface area contributed by atoms with Gasteiger partial charge in [0.1, 0.15) is 5.75 Å². The van der Waals surface area contributed by atoms with Gasteiger partial charge in [0.2, 0.25) is 12.6 Å². The third kappa shape index (κ3) is 4.06. The number of rotatable bonds is 6. The molecule has 1 N–H and O–H groups in total. The van der Waals surface area contributed by atoms with Gasteiger partial charge in [-0.15, -0.1) is 0 Å². The summed E-state index contributed by atoms with van der Waals surface area (Å²) in [7, 11) is 0. The van der Waals surface area contributed by atoms with Crippen molar-refractivity contribution in [1.82, 2.24) is 0 Å². The van der Waals surface area contributed by atoms with E-state index in [4.69, 9.17) is 0 Å². The van der Waals surface area contributed by atoms with Crippen LogP contribution in [0.25, 0.3) is 0 Å². The van der Waals surface area contributed by atoms with Crippen LogP contribution in [0.4, 0.5) is 0 Å². The fraction of sp³-hybridized carbons (Fsp3) is 0.400. The summed E-state index contributed by atoms with van der Waals surface area (Å²) in [6, 6.07) is 5.21. The van der Waals surface area contributed by atoms with Gasteiger partial charge >= 0.3 is 0 Å². The molecule has 0 bridgehead atoms. The monoisotopic (exact) mass is 240 g/mol. The highest BCUT2D eigenvalue weighted by Gasteiger charge is 2.24. The molecule has 1 aromatic carbocycles. The maximum atomic E-state index is 10.7. The summed E-state index contributed by atoms with van der Waals surface area (Å²) >= 11 is 0. The van der Waals surface area contributed by atoms with Crippen LogP contribution in [0.5, 0.6) is 5.75 Å². The van der Waals surface area contributed by atoms with Crippen molar-refractivity contribution < 1.29 is 15.0 Å². The number of aromatic hydroxyl groups is 1. The fourth-order valence-corrected chi connectivity index (χ4v) is 1.47. The predicted molar refractivity (Wildman–Crippen MR) is 59.1 cm³/mol. The van der Waals surface area contributed by atoms with E-state index in [-0.39, 0.29) is 18.6 Å². The molecule has 7 nitrogen and oxygen atoms in total. The highest BCUT2D eigenvalue weighted by Crippen LogP contribution is 2.19. The lowest BCUT2D eigenvalue weighted by atomic mass is 10.0. The predicted octanol–water partition coefficient (Wildman–Crippen LogP) is 1.25. The van der Waals surface area contributed by atoms with Crippen LogP contribution >= 0.6 is 0 Å². The van der Waals surface area contributed by atoms with Crippen molar-refractivity contribution >= 4 is 0 Å². The minimum absolute atomic E-state index is 0.00644. The summed E-state index contributed by atoms with van der Waals surface area (Å²) in [5, 5.41) is 30.4. The summed E-state index contributed by atoms with van der Waals surface area (Å²) in [5.74, 6) is -0.0274. The van der Waals surface area contributed by atoms with Gasteiger partial charge in [0.05, 0.1) is 6.42 Å². The summed E-state index contributed by atoms with van der Waals surface area (Å²) in [6.45, 7) is -0.445. The molecule has 0 radical (unpaired) electrons. The Kier molecular flexibility index (Phi) is 4.38. The van der Waals surface area contributed by atoms with Gasteiger partial charge in [-0.3, -0.25) is 20.2 Å². The van der Waals surface area contributed by atoms with Crippen LogP contribution in [-0.2, 0) is 6.42 Å². The van der Waals surface area contributed by atoms with Gasteiger partial charge in [-0.25, -0.2) is 0 Å². The fourth-order valence-electron chi connectivity index (χ4n) is 1.47. The summed E-state index contributed by atoms with van der Waals surface area (Å²) in [4.78, 5) is 19.8. The number of phenolic OH excluding ortho intramolecular Hbond substituents is 1. The number of nitrogens with zero attached hydrogens (tertiary/aromatic N) is 2. The van der Waals surface area contributed by atoms with Crippen molar-refractivity contribution in [2.45, 2.75) is 18.9 Å². The van der Waals surface area contributed by atoms with E-state index in [1.54, 1.807) is 18.2 Å². The van der Waals surface area contributed by atoms with Crippen molar-refractivity contribution in [2.24, 2.45) is 0 Å². The van der Waals surface area contributed by atoms with E-state index in [2.05, 4.69) is 0 Å². The first-order chi connectivity index (χ1) is 8.00. The standard InChI is InChI=1S/C10H12N2O5/c13-10-4-2-1-3-8(10)7-9(12(16)17)5-6-11(14)15/h1-4,9,13H,5-7H2. The van der Waals surface area contributed by atoms with Crippen LogP contribution in [0.1, 0.15) is 12.0 Å². The minimum Gasteiger partial charge on any atom is -0.508 e. The SMILES string of the molecule is O=[N+]([O-])CCC(Cc1ccccc1O)[N+](=O)[O-]. The van der Waals surface area contributed by atoms with Gasteiger partial charge < -0.3 is 5.11 Å². The van der Waals surface area contributed by atoms with Crippen molar-refractivity contribution in [3.8, 4) is 5.75 Å². The van der Waals surface area contributed by atoms with Gasteiger partial charge in [-0.1, -0.05) is 18.2 Å². The number of nitro groups is 2. The van der Waals surface area contributed by atoms with E-state index in [9.17, 15) is 25.3 Å². The van der Waals surface area contributed by atoms with E-state index in [1.165, 1.54) is 6.07 Å². The quantitative estimate of drug-likeness (QED) is 0.594. The second-order valence-electron chi connectivity index (χ2n) is 3.62. The van der Waals surface area contributed by atoms with E-state index >= 15 is 0 Å². The van der Waals surface area contributed by atoms with Crippen molar-refractivity contribution in [1.29, 1.82) is 0 Å². The number of para-hydroxylation sites is 1. The Balaban J connectivity index is 2.70. The average Bonchev–Trinajstić information content (AvgIpc) is 2.25. The van der Waals surface area contributed by atoms with Gasteiger partial charge in [0, 0.05) is 21.8 Å². The van der Waals surface area contributed by atoms with Crippen LogP contribution in [-0.4, -0.2) is 27.5 Å². The molecule has 1 atom stereocenters. The number of phenols is 1. The Bertz CT molecular complexity index is 421. The lowest BCUT2D eigenvalue weighted by molar-refractivity contribution is -0.541. The first-order valence-electron chi connectivity index (χ1n) is 5.03. The molecule has 0 aromatic heterocycles. The summed E-state index contributed by atoms with van der Waals surface area (Å²) in [6.07, 6.45) is -0.151. The van der Waals surface area contributed by atoms with E-state index in [1.807, 2.05) is 0 Å². The Morgan fingerprint density at radius 3 is 2.41 bits per heavy atom. The summed E-state index contributed by atoms with van der Waals surface area (Å²) in [5.41, 5.74) is 0.428. The molecule has 0 aliphatic heterocycles. The molecule has 17 heavy (non-hydrogen) atoms. The molecule has 0 fully saturated rings. The topological polar surface area (TPSA) is 107 Å². The summed E-state index contributed by atoms with van der Waals surface area (Å²) < 4.78 is 0. The van der Waals surface area contributed by atoms with Crippen LogP contribution < -0.4 is 0 Å². The van der Waals surface area contributed by atoms with E-state index in [0.29, 0.717) is 5.56 Å². The van der Waals surface area contributed by atoms with Crippen molar-refractivity contribution in [3.05, 3.63) is 50.1 Å². The highest BCUT2D eigenvalue weighted by molar-refractivity contribution is 5.32. The molecule has 0 aliphatic rings. The third-order valence-electron chi connectivity index (χ3n) is 2.39. The Morgan fingerprint density at radius 1 is 1.24 bits per heavy atom. The zero-order valence-electron chi connectivity index (χ0n) is 8.98. The molecule has 0 amide bonds. The van der Waals surface area contributed by atoms with Crippen LogP contribution in [0.2, 0.25) is 0 Å². The number of hydrogen-bond donors (Lipinski definition) is 1. The first kappa shape index (κ1) is 12.9. The number of benzene rings is 1. The third-order valence-corrected chi connectivity index (χ3v) is 2.39. The molecule has 0 spiro atoms. The smallest absolute Gasteiger partial charge is 0.223 e. The lowest BCUT2D eigenvalue weighted by Crippen LogP contribution is -2.25. The molecule has 1 rings (SSSR count). The van der Waals surface area contributed by atoms with Gasteiger partial charge in [0.25, 0.3) is 0 Å². The van der Waals surface area contributed by atoms with Crippen molar-refractivity contribution in [2.75, 3.05) is 6.54 Å². The van der Waals surface area contributed by atoms with E-state index < -0.39 is 22.4 Å². The van der Waals surface area contributed by atoms with Gasteiger partial charge in [0.15, 0.2) is 0 Å². The van der Waals surface area contributed by atoms with Crippen LogP contribution in [0.3, 0.4) is 0 Å². The first-order valence-corrected chi connectivity index (χ1v) is 5.03. The van der Waals surface area contributed by atoms with Gasteiger partial charge in [-0.05, 0) is 6.07 Å². The Labute approximate surface area is 97.0 Å². The molecular weight excluding hydrogens is 228 g/mol. The molecule has 0 heterocycles. The molecule has 92 valence electrons. The maximum Gasteiger partial charge on any atom is 0.223 e. The molecule has 0 saturated heterocycles. The molecular formula is C10H12N2O5. The van der Waals surface area contributed by atoms with Gasteiger partial charge in [-0.2, -0.15) is 0 Å². The van der Waals surface area contributed by atoms with Crippen LogP contribution in [0, 0.1) is 20.2 Å². The second-order valence-corrected chi connectivity index (χ2v) is 3.62. The Hall–Kier alpha value is -2.18. The second kappa shape index (κ2) is 5.78. The lowest BCUT2D eigenvalue weighted by Gasteiger charge is -2.08. The normalized spacial score (nSPS) is 12.0. The molecule has 1 unspecified atom stereocenters. The molecule has 7 heteroatoms. The van der Waals surface area contributed by atoms with Crippen LogP contribution in [0.15, 0.2) is 24.3 Å². The zero-order valence-corrected chi connectivity index (χ0v) is 8.98.